The van der Waals surface area contributed by atoms with Gasteiger partial charge in [0.1, 0.15) is 0 Å². The van der Waals surface area contributed by atoms with E-state index in [9.17, 15) is 0 Å². The van der Waals surface area contributed by atoms with Crippen molar-refractivity contribution < 1.29 is 0 Å². The van der Waals surface area contributed by atoms with Gasteiger partial charge in [-0.05, 0) is 38.1 Å². The van der Waals surface area contributed by atoms with Crippen molar-refractivity contribution in [1.29, 1.82) is 0 Å². The fourth-order valence-electron chi connectivity index (χ4n) is 3.32. The van der Waals surface area contributed by atoms with Gasteiger partial charge in [-0.1, -0.05) is 41.0 Å². The largest absolute Gasteiger partial charge is 0.311 e. The molecule has 0 aromatic rings. The zero-order valence-corrected chi connectivity index (χ0v) is 13.3. The smallest absolute Gasteiger partial charge is 0.0329 e. The van der Waals surface area contributed by atoms with E-state index >= 15 is 0 Å². The molecule has 18 heavy (non-hydrogen) atoms. The highest BCUT2D eigenvalue weighted by atomic mass is 15.3. The molecule has 1 N–H and O–H groups in total. The van der Waals surface area contributed by atoms with E-state index in [1.54, 1.807) is 0 Å². The van der Waals surface area contributed by atoms with Crippen LogP contribution in [0.5, 0.6) is 0 Å². The average molecular weight is 254 g/mol. The molecular formula is C16H34N2. The van der Waals surface area contributed by atoms with Crippen LogP contribution >= 0.6 is 0 Å². The average Bonchev–Trinajstić information content (AvgIpc) is 2.36. The van der Waals surface area contributed by atoms with E-state index in [1.165, 1.54) is 51.7 Å². The standard InChI is InChI=1S/C16H34N2/c1-6-9-10-18-12-15(11-14(4)5)17-13-16(18,7-2)8-3/h14-15,17H,6-13H2,1-5H3. The maximum absolute atomic E-state index is 3.81. The summed E-state index contributed by atoms with van der Waals surface area (Å²) in [5.74, 6) is 0.797. The summed E-state index contributed by atoms with van der Waals surface area (Å²) in [5.41, 5.74) is 0.419. The van der Waals surface area contributed by atoms with E-state index in [2.05, 4.69) is 44.8 Å². The molecule has 0 aromatic heterocycles. The summed E-state index contributed by atoms with van der Waals surface area (Å²) in [7, 11) is 0. The molecule has 0 aromatic carbocycles. The van der Waals surface area contributed by atoms with Gasteiger partial charge in [-0.3, -0.25) is 4.90 Å². The minimum Gasteiger partial charge on any atom is -0.311 e. The first-order chi connectivity index (χ1) is 8.57. The molecule has 108 valence electrons. The van der Waals surface area contributed by atoms with Crippen molar-refractivity contribution in [2.75, 3.05) is 19.6 Å². The van der Waals surface area contributed by atoms with Gasteiger partial charge >= 0.3 is 0 Å². The molecule has 1 unspecified atom stereocenters. The van der Waals surface area contributed by atoms with Gasteiger partial charge in [0.25, 0.3) is 0 Å². The fourth-order valence-corrected chi connectivity index (χ4v) is 3.32. The Morgan fingerprint density at radius 1 is 1.22 bits per heavy atom. The molecule has 1 rings (SSSR count). The SMILES string of the molecule is CCCCN1CC(CC(C)C)NCC1(CC)CC. The van der Waals surface area contributed by atoms with Crippen LogP contribution in [0.25, 0.3) is 0 Å². The molecule has 0 amide bonds. The van der Waals surface area contributed by atoms with Crippen LogP contribution in [0, 0.1) is 5.92 Å². The second-order valence-electron chi connectivity index (χ2n) is 6.44. The monoisotopic (exact) mass is 254 g/mol. The van der Waals surface area contributed by atoms with Crippen LogP contribution in [0.1, 0.15) is 66.7 Å². The van der Waals surface area contributed by atoms with E-state index in [0.717, 1.165) is 5.92 Å². The molecule has 1 fully saturated rings. The summed E-state index contributed by atoms with van der Waals surface area (Å²) in [4.78, 5) is 2.79. The third kappa shape index (κ3) is 3.96. The molecule has 1 aliphatic heterocycles. The van der Waals surface area contributed by atoms with E-state index in [-0.39, 0.29) is 0 Å². The lowest BCUT2D eigenvalue weighted by atomic mass is 9.85. The number of nitrogens with zero attached hydrogens (tertiary/aromatic N) is 1. The van der Waals surface area contributed by atoms with Crippen LogP contribution in [0.15, 0.2) is 0 Å². The Hall–Kier alpha value is -0.0800. The van der Waals surface area contributed by atoms with Crippen molar-refractivity contribution in [2.24, 2.45) is 5.92 Å². The number of piperazine rings is 1. The van der Waals surface area contributed by atoms with Crippen LogP contribution < -0.4 is 5.32 Å². The maximum atomic E-state index is 3.81. The van der Waals surface area contributed by atoms with Crippen LogP contribution in [0.3, 0.4) is 0 Å². The molecule has 0 aliphatic carbocycles. The quantitative estimate of drug-likeness (QED) is 0.746. The molecule has 2 heteroatoms. The normalized spacial score (nSPS) is 24.7. The summed E-state index contributed by atoms with van der Waals surface area (Å²) in [6.07, 6.45) is 6.51. The van der Waals surface area contributed by atoms with Crippen LogP contribution in [-0.4, -0.2) is 36.1 Å². The first kappa shape index (κ1) is 16.0. The highest BCUT2D eigenvalue weighted by Crippen LogP contribution is 2.28. The van der Waals surface area contributed by atoms with Gasteiger partial charge in [-0.15, -0.1) is 0 Å². The minimum absolute atomic E-state index is 0.419. The predicted molar refractivity (Wildman–Crippen MR) is 81.0 cm³/mol. The predicted octanol–water partition coefficient (Wildman–Crippen LogP) is 3.67. The Morgan fingerprint density at radius 3 is 2.39 bits per heavy atom. The molecule has 1 saturated heterocycles. The van der Waals surface area contributed by atoms with Crippen molar-refractivity contribution in [3.05, 3.63) is 0 Å². The molecular weight excluding hydrogens is 220 g/mol. The molecule has 1 aliphatic rings. The van der Waals surface area contributed by atoms with Crippen molar-refractivity contribution >= 4 is 0 Å². The zero-order chi connectivity index (χ0) is 13.6. The van der Waals surface area contributed by atoms with Crippen LogP contribution in [0.4, 0.5) is 0 Å². The van der Waals surface area contributed by atoms with Crippen molar-refractivity contribution in [2.45, 2.75) is 78.3 Å². The van der Waals surface area contributed by atoms with Gasteiger partial charge in [0.2, 0.25) is 0 Å². The maximum Gasteiger partial charge on any atom is 0.0329 e. The number of rotatable bonds is 7. The molecule has 0 saturated carbocycles. The number of hydrogen-bond acceptors (Lipinski definition) is 2. The number of unbranched alkanes of at least 4 members (excludes halogenated alkanes) is 1. The fraction of sp³-hybridized carbons (Fsp3) is 1.00. The van der Waals surface area contributed by atoms with Crippen LogP contribution in [-0.2, 0) is 0 Å². The first-order valence-corrected chi connectivity index (χ1v) is 8.06. The summed E-state index contributed by atoms with van der Waals surface area (Å²) in [5, 5.41) is 3.81. The van der Waals surface area contributed by atoms with Crippen molar-refractivity contribution in [3.63, 3.8) is 0 Å². The molecule has 0 radical (unpaired) electrons. The van der Waals surface area contributed by atoms with E-state index < -0.39 is 0 Å². The van der Waals surface area contributed by atoms with Crippen molar-refractivity contribution in [1.82, 2.24) is 10.2 Å². The number of nitrogens with one attached hydrogen (secondary N) is 1. The minimum atomic E-state index is 0.419. The summed E-state index contributed by atoms with van der Waals surface area (Å²) < 4.78 is 0. The van der Waals surface area contributed by atoms with E-state index in [0.29, 0.717) is 11.6 Å². The first-order valence-electron chi connectivity index (χ1n) is 8.06. The van der Waals surface area contributed by atoms with Crippen molar-refractivity contribution in [3.8, 4) is 0 Å². The van der Waals surface area contributed by atoms with E-state index in [4.69, 9.17) is 0 Å². The molecule has 0 bridgehead atoms. The van der Waals surface area contributed by atoms with Gasteiger partial charge in [0.05, 0.1) is 0 Å². The van der Waals surface area contributed by atoms with Crippen LogP contribution in [0.2, 0.25) is 0 Å². The summed E-state index contributed by atoms with van der Waals surface area (Å²) in [6, 6.07) is 0.702. The third-order valence-corrected chi connectivity index (χ3v) is 4.69. The molecule has 0 spiro atoms. The molecule has 1 heterocycles. The van der Waals surface area contributed by atoms with Gasteiger partial charge in [0, 0.05) is 24.7 Å². The molecule has 2 nitrogen and oxygen atoms in total. The Bertz CT molecular complexity index is 221. The summed E-state index contributed by atoms with van der Waals surface area (Å²) in [6.45, 7) is 15.4. The highest BCUT2D eigenvalue weighted by molar-refractivity contribution is 4.97. The second kappa shape index (κ2) is 7.49. The Kier molecular flexibility index (Phi) is 6.65. The zero-order valence-electron chi connectivity index (χ0n) is 13.3. The molecule has 1 atom stereocenters. The Morgan fingerprint density at radius 2 is 1.89 bits per heavy atom. The van der Waals surface area contributed by atoms with E-state index in [1.807, 2.05) is 0 Å². The third-order valence-electron chi connectivity index (χ3n) is 4.69. The summed E-state index contributed by atoms with van der Waals surface area (Å²) >= 11 is 0. The highest BCUT2D eigenvalue weighted by Gasteiger charge is 2.38. The Labute approximate surface area is 115 Å². The van der Waals surface area contributed by atoms with Gasteiger partial charge in [0.15, 0.2) is 0 Å². The lowest BCUT2D eigenvalue weighted by Crippen LogP contribution is -2.64. The topological polar surface area (TPSA) is 15.3 Å². The lowest BCUT2D eigenvalue weighted by Gasteiger charge is -2.50. The second-order valence-corrected chi connectivity index (χ2v) is 6.44. The Balaban J connectivity index is 2.65. The van der Waals surface area contributed by atoms with Gasteiger partial charge in [-0.2, -0.15) is 0 Å². The van der Waals surface area contributed by atoms with Gasteiger partial charge < -0.3 is 5.32 Å². The van der Waals surface area contributed by atoms with Gasteiger partial charge in [-0.25, -0.2) is 0 Å². The number of hydrogen-bond donors (Lipinski definition) is 1. The lowest BCUT2D eigenvalue weighted by molar-refractivity contribution is 0.0266.